The number of imidazole rings is 1. The first-order valence-electron chi connectivity index (χ1n) is 6.10. The molecule has 0 amide bonds. The van der Waals surface area contributed by atoms with Crippen LogP contribution in [-0.4, -0.2) is 15.6 Å². The van der Waals surface area contributed by atoms with E-state index in [1.54, 1.807) is 0 Å². The Morgan fingerprint density at radius 3 is 2.78 bits per heavy atom. The van der Waals surface area contributed by atoms with Crippen LogP contribution in [0.15, 0.2) is 35.1 Å². The van der Waals surface area contributed by atoms with Crippen molar-refractivity contribution in [1.29, 1.82) is 0 Å². The average Bonchev–Trinajstić information content (AvgIpc) is 2.73. The molecule has 0 aliphatic rings. The van der Waals surface area contributed by atoms with Crippen LogP contribution in [0, 0.1) is 6.92 Å². The zero-order valence-corrected chi connectivity index (χ0v) is 12.5. The summed E-state index contributed by atoms with van der Waals surface area (Å²) >= 11 is 3.53. The third-order valence-electron chi connectivity index (χ3n) is 2.83. The first-order chi connectivity index (χ1) is 8.58. The molecule has 2 rings (SSSR count). The van der Waals surface area contributed by atoms with Gasteiger partial charge in [-0.25, -0.2) is 4.98 Å². The van der Waals surface area contributed by atoms with E-state index in [0.717, 1.165) is 16.8 Å². The van der Waals surface area contributed by atoms with Crippen LogP contribution < -0.4 is 5.32 Å². The summed E-state index contributed by atoms with van der Waals surface area (Å²) in [6.07, 6.45) is 3.83. The van der Waals surface area contributed by atoms with Crippen molar-refractivity contribution in [3.63, 3.8) is 0 Å². The van der Waals surface area contributed by atoms with Crippen molar-refractivity contribution < 1.29 is 0 Å². The van der Waals surface area contributed by atoms with Crippen molar-refractivity contribution >= 4 is 15.9 Å². The molecular formula is C14H18BrN3. The van der Waals surface area contributed by atoms with Crippen molar-refractivity contribution in [2.45, 2.75) is 33.4 Å². The highest BCUT2D eigenvalue weighted by Crippen LogP contribution is 2.21. The minimum Gasteiger partial charge on any atom is -0.310 e. The van der Waals surface area contributed by atoms with Crippen LogP contribution in [0.3, 0.4) is 0 Å². The van der Waals surface area contributed by atoms with Crippen molar-refractivity contribution in [2.75, 3.05) is 0 Å². The molecule has 0 aliphatic carbocycles. The molecule has 0 saturated carbocycles. The summed E-state index contributed by atoms with van der Waals surface area (Å²) in [4.78, 5) is 4.29. The first kappa shape index (κ1) is 13.3. The van der Waals surface area contributed by atoms with Crippen LogP contribution in [0.2, 0.25) is 0 Å². The maximum atomic E-state index is 4.29. The molecule has 0 saturated heterocycles. The zero-order valence-electron chi connectivity index (χ0n) is 10.9. The molecule has 0 aliphatic heterocycles. The van der Waals surface area contributed by atoms with E-state index in [0.29, 0.717) is 6.04 Å². The molecule has 0 bridgehead atoms. The molecule has 1 N–H and O–H groups in total. The lowest BCUT2D eigenvalue weighted by atomic mass is 10.1. The van der Waals surface area contributed by atoms with Gasteiger partial charge in [0.05, 0.1) is 5.69 Å². The maximum absolute atomic E-state index is 4.29. The molecule has 1 aromatic heterocycles. The lowest BCUT2D eigenvalue weighted by Gasteiger charge is -2.14. The summed E-state index contributed by atoms with van der Waals surface area (Å²) in [5.41, 5.74) is 2.44. The Morgan fingerprint density at radius 2 is 2.17 bits per heavy atom. The van der Waals surface area contributed by atoms with Gasteiger partial charge in [-0.3, -0.25) is 0 Å². The van der Waals surface area contributed by atoms with Gasteiger partial charge in [0.1, 0.15) is 5.82 Å². The molecule has 0 unspecified atom stereocenters. The van der Waals surface area contributed by atoms with Crippen molar-refractivity contribution in [1.82, 2.24) is 14.9 Å². The summed E-state index contributed by atoms with van der Waals surface area (Å²) in [5, 5.41) is 3.45. The number of halogens is 1. The number of nitrogens with one attached hydrogen (secondary N) is 1. The van der Waals surface area contributed by atoms with Crippen molar-refractivity contribution in [3.05, 3.63) is 46.5 Å². The number of nitrogens with zero attached hydrogens (tertiary/aromatic N) is 2. The number of hydrogen-bond acceptors (Lipinski definition) is 2. The molecule has 0 fully saturated rings. The summed E-state index contributed by atoms with van der Waals surface area (Å²) in [6, 6.07) is 6.83. The van der Waals surface area contributed by atoms with Crippen molar-refractivity contribution in [2.24, 2.45) is 0 Å². The fourth-order valence-corrected chi connectivity index (χ4v) is 2.21. The molecule has 0 spiro atoms. The van der Waals surface area contributed by atoms with Crippen LogP contribution in [0.1, 0.15) is 25.2 Å². The van der Waals surface area contributed by atoms with E-state index in [9.17, 15) is 0 Å². The van der Waals surface area contributed by atoms with Gasteiger partial charge >= 0.3 is 0 Å². The highest BCUT2D eigenvalue weighted by molar-refractivity contribution is 9.10. The molecule has 3 nitrogen and oxygen atoms in total. The second-order valence-electron chi connectivity index (χ2n) is 4.65. The number of rotatable bonds is 4. The molecule has 18 heavy (non-hydrogen) atoms. The minimum atomic E-state index is 0.477. The predicted molar refractivity (Wildman–Crippen MR) is 78.0 cm³/mol. The zero-order chi connectivity index (χ0) is 13.1. The molecule has 1 heterocycles. The maximum Gasteiger partial charge on any atom is 0.110 e. The van der Waals surface area contributed by atoms with Crippen LogP contribution in [0.4, 0.5) is 0 Å². The Kier molecular flexibility index (Phi) is 4.19. The summed E-state index contributed by atoms with van der Waals surface area (Å²) in [6.45, 7) is 7.18. The van der Waals surface area contributed by atoms with E-state index in [-0.39, 0.29) is 0 Å². The summed E-state index contributed by atoms with van der Waals surface area (Å²) in [5.74, 6) is 0.999. The third kappa shape index (κ3) is 3.00. The second kappa shape index (κ2) is 5.67. The number of benzene rings is 1. The van der Waals surface area contributed by atoms with E-state index >= 15 is 0 Å². The predicted octanol–water partition coefficient (Wildman–Crippen LogP) is 3.44. The Hall–Kier alpha value is -1.13. The average molecular weight is 308 g/mol. The number of aryl methyl sites for hydroxylation is 1. The van der Waals surface area contributed by atoms with E-state index in [1.165, 1.54) is 11.3 Å². The Labute approximate surface area is 116 Å². The first-order valence-corrected chi connectivity index (χ1v) is 6.89. The second-order valence-corrected chi connectivity index (χ2v) is 5.57. The highest BCUT2D eigenvalue weighted by atomic mass is 79.9. The van der Waals surface area contributed by atoms with Crippen molar-refractivity contribution in [3.8, 4) is 5.69 Å². The standard InChI is InChI=1S/C14H18BrN3/c1-10(2)17-9-12-4-5-13(15)8-14(12)18-7-6-16-11(18)3/h4-8,10,17H,9H2,1-3H3. The van der Waals surface area contributed by atoms with Gasteiger partial charge in [0, 0.05) is 29.5 Å². The van der Waals surface area contributed by atoms with Crippen LogP contribution >= 0.6 is 15.9 Å². The largest absolute Gasteiger partial charge is 0.310 e. The lowest BCUT2D eigenvalue weighted by Crippen LogP contribution is -2.22. The van der Waals surface area contributed by atoms with Gasteiger partial charge in [-0.15, -0.1) is 0 Å². The summed E-state index contributed by atoms with van der Waals surface area (Å²) < 4.78 is 3.20. The number of hydrogen-bond donors (Lipinski definition) is 1. The van der Waals surface area contributed by atoms with Gasteiger partial charge in [0.2, 0.25) is 0 Å². The van der Waals surface area contributed by atoms with E-state index < -0.39 is 0 Å². The van der Waals surface area contributed by atoms with Crippen LogP contribution in [0.5, 0.6) is 0 Å². The van der Waals surface area contributed by atoms with E-state index in [1.807, 2.05) is 19.3 Å². The Balaban J connectivity index is 2.38. The normalized spacial score (nSPS) is 11.2. The van der Waals surface area contributed by atoms with Gasteiger partial charge in [0.15, 0.2) is 0 Å². The third-order valence-corrected chi connectivity index (χ3v) is 3.33. The van der Waals surface area contributed by atoms with Crippen LogP contribution in [-0.2, 0) is 6.54 Å². The molecule has 96 valence electrons. The Morgan fingerprint density at radius 1 is 1.39 bits per heavy atom. The smallest absolute Gasteiger partial charge is 0.110 e. The van der Waals surface area contributed by atoms with Gasteiger partial charge in [-0.2, -0.15) is 0 Å². The summed E-state index contributed by atoms with van der Waals surface area (Å²) in [7, 11) is 0. The fourth-order valence-electron chi connectivity index (χ4n) is 1.86. The fraction of sp³-hybridized carbons (Fsp3) is 0.357. The molecule has 4 heteroatoms. The van der Waals surface area contributed by atoms with Gasteiger partial charge < -0.3 is 9.88 Å². The topological polar surface area (TPSA) is 29.9 Å². The molecule has 0 atom stereocenters. The minimum absolute atomic E-state index is 0.477. The van der Waals surface area contributed by atoms with E-state index in [4.69, 9.17) is 0 Å². The van der Waals surface area contributed by atoms with Gasteiger partial charge in [-0.1, -0.05) is 35.8 Å². The monoisotopic (exact) mass is 307 g/mol. The van der Waals surface area contributed by atoms with Gasteiger partial charge in [-0.05, 0) is 24.6 Å². The molecule has 1 aromatic carbocycles. The Bertz CT molecular complexity index is 532. The SMILES string of the molecule is Cc1nccn1-c1cc(Br)ccc1CNC(C)C. The molecular weight excluding hydrogens is 290 g/mol. The highest BCUT2D eigenvalue weighted by Gasteiger charge is 2.08. The van der Waals surface area contributed by atoms with Gasteiger partial charge in [0.25, 0.3) is 0 Å². The molecule has 0 radical (unpaired) electrons. The quantitative estimate of drug-likeness (QED) is 0.937. The van der Waals surface area contributed by atoms with Crippen LogP contribution in [0.25, 0.3) is 5.69 Å². The molecule has 2 aromatic rings. The van der Waals surface area contributed by atoms with E-state index in [2.05, 4.69) is 62.8 Å². The number of aromatic nitrogens is 2. The lowest BCUT2D eigenvalue weighted by molar-refractivity contribution is 0.587.